The lowest BCUT2D eigenvalue weighted by molar-refractivity contribution is -0.133. The number of nitrogens with zero attached hydrogens (tertiary/aromatic N) is 2. The summed E-state index contributed by atoms with van der Waals surface area (Å²) >= 11 is 0. The van der Waals surface area contributed by atoms with Crippen molar-refractivity contribution in [3.05, 3.63) is 107 Å². The molecule has 1 aromatic heterocycles. The maximum atomic E-state index is 14.0. The van der Waals surface area contributed by atoms with E-state index in [0.717, 1.165) is 28.1 Å². The van der Waals surface area contributed by atoms with E-state index in [4.69, 9.17) is 14.2 Å². The average molecular weight is 497 g/mol. The molecule has 2 heterocycles. The number of rotatable bonds is 7. The van der Waals surface area contributed by atoms with E-state index in [1.54, 1.807) is 21.3 Å². The van der Waals surface area contributed by atoms with Crippen LogP contribution in [0.4, 0.5) is 0 Å². The van der Waals surface area contributed by atoms with Crippen LogP contribution >= 0.6 is 0 Å². The van der Waals surface area contributed by atoms with Crippen LogP contribution in [0.2, 0.25) is 0 Å². The Morgan fingerprint density at radius 3 is 2.27 bits per heavy atom. The zero-order valence-electron chi connectivity index (χ0n) is 21.7. The number of carbonyl (C=O) groups excluding carboxylic acids is 1. The Kier molecular flexibility index (Phi) is 6.91. The summed E-state index contributed by atoms with van der Waals surface area (Å²) in [5.74, 6) is 1.81. The van der Waals surface area contributed by atoms with Gasteiger partial charge in [-0.15, -0.1) is 0 Å². The molecule has 3 aromatic carbocycles. The first-order valence-corrected chi connectivity index (χ1v) is 12.4. The Balaban J connectivity index is 1.51. The van der Waals surface area contributed by atoms with E-state index in [0.29, 0.717) is 36.6 Å². The number of aromatic nitrogens is 1. The Morgan fingerprint density at radius 1 is 0.892 bits per heavy atom. The van der Waals surface area contributed by atoms with Crippen molar-refractivity contribution in [3.8, 4) is 22.9 Å². The van der Waals surface area contributed by atoms with E-state index >= 15 is 0 Å². The summed E-state index contributed by atoms with van der Waals surface area (Å²) in [6.45, 7) is 2.61. The molecule has 0 N–H and O–H groups in total. The number of ether oxygens (including phenoxy) is 3. The van der Waals surface area contributed by atoms with E-state index < -0.39 is 0 Å². The third kappa shape index (κ3) is 4.67. The molecule has 6 nitrogen and oxygen atoms in total. The van der Waals surface area contributed by atoms with Gasteiger partial charge in [-0.25, -0.2) is 0 Å². The highest BCUT2D eigenvalue weighted by molar-refractivity contribution is 5.78. The highest BCUT2D eigenvalue weighted by Gasteiger charge is 2.32. The van der Waals surface area contributed by atoms with Gasteiger partial charge in [0.25, 0.3) is 0 Å². The monoisotopic (exact) mass is 496 g/mol. The largest absolute Gasteiger partial charge is 0.493 e. The third-order valence-electron chi connectivity index (χ3n) is 7.03. The molecule has 4 aromatic rings. The minimum absolute atomic E-state index is 0.0868. The molecule has 37 heavy (non-hydrogen) atoms. The predicted octanol–water partition coefficient (Wildman–Crippen LogP) is 5.88. The number of carbonyl (C=O) groups is 1. The van der Waals surface area contributed by atoms with Gasteiger partial charge in [0.2, 0.25) is 11.7 Å². The molecule has 0 saturated carbocycles. The summed E-state index contributed by atoms with van der Waals surface area (Å²) < 4.78 is 18.7. The van der Waals surface area contributed by atoms with E-state index in [2.05, 4.69) is 66.2 Å². The lowest BCUT2D eigenvalue weighted by atomic mass is 9.99. The molecular weight excluding hydrogens is 464 g/mol. The van der Waals surface area contributed by atoms with Crippen LogP contribution in [0.3, 0.4) is 0 Å². The second kappa shape index (κ2) is 10.4. The van der Waals surface area contributed by atoms with Crippen molar-refractivity contribution >= 4 is 5.91 Å². The number of hydrogen-bond donors (Lipinski definition) is 0. The van der Waals surface area contributed by atoms with Gasteiger partial charge in [0, 0.05) is 24.9 Å². The van der Waals surface area contributed by atoms with E-state index in [1.165, 1.54) is 5.56 Å². The van der Waals surface area contributed by atoms with Crippen LogP contribution in [0.1, 0.15) is 40.4 Å². The molecule has 0 radical (unpaired) electrons. The van der Waals surface area contributed by atoms with Gasteiger partial charge in [-0.1, -0.05) is 48.0 Å². The van der Waals surface area contributed by atoms with Crippen molar-refractivity contribution in [2.75, 3.05) is 21.3 Å². The zero-order valence-corrected chi connectivity index (χ0v) is 21.7. The molecule has 0 spiro atoms. The number of hydrogen-bond acceptors (Lipinski definition) is 4. The smallest absolute Gasteiger partial charge is 0.224 e. The number of methoxy groups -OCH3 is 3. The van der Waals surface area contributed by atoms with Gasteiger partial charge in [-0.2, -0.15) is 0 Å². The van der Waals surface area contributed by atoms with Crippen LogP contribution in [0.15, 0.2) is 79.0 Å². The quantitative estimate of drug-likeness (QED) is 0.321. The summed E-state index contributed by atoms with van der Waals surface area (Å²) in [7, 11) is 4.78. The van der Waals surface area contributed by atoms with Gasteiger partial charge in [-0.05, 0) is 60.4 Å². The van der Waals surface area contributed by atoms with Gasteiger partial charge < -0.3 is 23.7 Å². The molecule has 6 heteroatoms. The van der Waals surface area contributed by atoms with Gasteiger partial charge in [0.1, 0.15) is 0 Å². The van der Waals surface area contributed by atoms with Crippen LogP contribution in [-0.4, -0.2) is 36.7 Å². The molecule has 1 amide bonds. The molecule has 0 fully saturated rings. The first-order chi connectivity index (χ1) is 18.0. The highest BCUT2D eigenvalue weighted by Crippen LogP contribution is 2.40. The second-order valence-electron chi connectivity index (χ2n) is 9.30. The fraction of sp³-hybridized carbons (Fsp3) is 0.258. The molecule has 1 aliphatic rings. The summed E-state index contributed by atoms with van der Waals surface area (Å²) in [4.78, 5) is 16.0. The minimum atomic E-state index is -0.199. The lowest BCUT2D eigenvalue weighted by Crippen LogP contribution is -2.35. The van der Waals surface area contributed by atoms with Crippen molar-refractivity contribution < 1.29 is 19.0 Å². The van der Waals surface area contributed by atoms with Crippen molar-refractivity contribution in [1.82, 2.24) is 9.47 Å². The minimum Gasteiger partial charge on any atom is -0.493 e. The number of benzene rings is 3. The number of amides is 1. The van der Waals surface area contributed by atoms with Crippen molar-refractivity contribution in [2.24, 2.45) is 0 Å². The van der Waals surface area contributed by atoms with Crippen molar-refractivity contribution in [3.63, 3.8) is 0 Å². The Bertz CT molecular complexity index is 1380. The first kappa shape index (κ1) is 24.5. The Labute approximate surface area is 218 Å². The van der Waals surface area contributed by atoms with E-state index in [1.807, 2.05) is 29.2 Å². The molecule has 0 aliphatic carbocycles. The fourth-order valence-corrected chi connectivity index (χ4v) is 5.16. The molecular formula is C31H32N2O4. The van der Waals surface area contributed by atoms with Crippen LogP contribution < -0.4 is 14.2 Å². The normalized spacial score (nSPS) is 14.4. The third-order valence-corrected chi connectivity index (χ3v) is 7.03. The van der Waals surface area contributed by atoms with Crippen LogP contribution in [0.5, 0.6) is 17.2 Å². The summed E-state index contributed by atoms with van der Waals surface area (Å²) in [6, 6.07) is 24.6. The topological polar surface area (TPSA) is 52.9 Å². The number of fused-ring (bicyclic) bond motifs is 3. The summed E-state index contributed by atoms with van der Waals surface area (Å²) in [5.41, 5.74) is 6.55. The van der Waals surface area contributed by atoms with Gasteiger partial charge in [0.05, 0.1) is 33.1 Å². The van der Waals surface area contributed by atoms with Crippen molar-refractivity contribution in [1.29, 1.82) is 0 Å². The second-order valence-corrected chi connectivity index (χ2v) is 9.30. The Morgan fingerprint density at radius 2 is 1.59 bits per heavy atom. The van der Waals surface area contributed by atoms with Gasteiger partial charge in [-0.3, -0.25) is 4.79 Å². The zero-order chi connectivity index (χ0) is 25.9. The maximum absolute atomic E-state index is 14.0. The number of aryl methyl sites for hydroxylation is 2. The first-order valence-electron chi connectivity index (χ1n) is 12.4. The molecule has 0 bridgehead atoms. The predicted molar refractivity (Wildman–Crippen MR) is 144 cm³/mol. The SMILES string of the molecule is COc1cc(CCC(=O)N2Cc3ccccc3-n3cccc3C2c2ccc(C)cc2)cc(OC)c1OC. The molecule has 1 unspecified atom stereocenters. The van der Waals surface area contributed by atoms with Crippen LogP contribution in [0.25, 0.3) is 5.69 Å². The summed E-state index contributed by atoms with van der Waals surface area (Å²) in [6.07, 6.45) is 2.98. The molecule has 0 saturated heterocycles. The maximum Gasteiger partial charge on any atom is 0.224 e. The average Bonchev–Trinajstić information content (AvgIpc) is 3.36. The fourth-order valence-electron chi connectivity index (χ4n) is 5.16. The van der Waals surface area contributed by atoms with E-state index in [9.17, 15) is 4.79 Å². The van der Waals surface area contributed by atoms with Crippen LogP contribution in [0, 0.1) is 6.92 Å². The Hall–Kier alpha value is -4.19. The summed E-state index contributed by atoms with van der Waals surface area (Å²) in [5, 5.41) is 0. The van der Waals surface area contributed by atoms with Gasteiger partial charge >= 0.3 is 0 Å². The molecule has 1 aliphatic heterocycles. The molecule has 1 atom stereocenters. The highest BCUT2D eigenvalue weighted by atomic mass is 16.5. The standard InChI is InChI=1S/C31H32N2O4/c1-21-11-14-23(15-12-21)30-26-10-7-17-32(26)25-9-6-5-8-24(25)20-33(30)29(34)16-13-22-18-27(35-2)31(37-4)28(19-22)36-3/h5-12,14-15,17-19,30H,13,16,20H2,1-4H3. The lowest BCUT2D eigenvalue weighted by Gasteiger charge is -2.31. The molecule has 190 valence electrons. The number of para-hydroxylation sites is 1. The van der Waals surface area contributed by atoms with E-state index in [-0.39, 0.29) is 11.9 Å². The molecule has 5 rings (SSSR count). The van der Waals surface area contributed by atoms with Crippen LogP contribution in [-0.2, 0) is 17.8 Å². The van der Waals surface area contributed by atoms with Gasteiger partial charge in [0.15, 0.2) is 11.5 Å². The van der Waals surface area contributed by atoms with Crippen molar-refractivity contribution in [2.45, 2.75) is 32.4 Å².